The molecule has 0 unspecified atom stereocenters. The maximum Gasteiger partial charge on any atom is 0.169 e. The Balaban J connectivity index is 2.12. The summed E-state index contributed by atoms with van der Waals surface area (Å²) in [7, 11) is 0. The first kappa shape index (κ1) is 11.7. The molecule has 4 nitrogen and oxygen atoms in total. The molecule has 98 valence electrons. The van der Waals surface area contributed by atoms with Crippen LogP contribution in [0.2, 0.25) is 0 Å². The van der Waals surface area contributed by atoms with Crippen LogP contribution in [0.3, 0.4) is 0 Å². The molecule has 0 saturated heterocycles. The molecule has 4 heteroatoms. The van der Waals surface area contributed by atoms with E-state index in [4.69, 9.17) is 15.2 Å². The van der Waals surface area contributed by atoms with Crippen LogP contribution in [-0.2, 0) is 5.54 Å². The molecule has 1 fully saturated rings. The summed E-state index contributed by atoms with van der Waals surface area (Å²) >= 11 is 0. The second-order valence-corrected chi connectivity index (χ2v) is 5.20. The molecule has 1 aromatic rings. The van der Waals surface area contributed by atoms with E-state index in [2.05, 4.69) is 0 Å². The second kappa shape index (κ2) is 4.35. The van der Waals surface area contributed by atoms with Gasteiger partial charge in [-0.2, -0.15) is 0 Å². The van der Waals surface area contributed by atoms with Crippen molar-refractivity contribution in [3.8, 4) is 17.2 Å². The first-order valence-corrected chi connectivity index (χ1v) is 6.62. The van der Waals surface area contributed by atoms with Crippen molar-refractivity contribution in [1.29, 1.82) is 0 Å². The maximum atomic E-state index is 10.2. The molecule has 1 aliphatic heterocycles. The molecule has 0 spiro atoms. The summed E-state index contributed by atoms with van der Waals surface area (Å²) in [5.74, 6) is 1.58. The van der Waals surface area contributed by atoms with Crippen LogP contribution in [0.25, 0.3) is 0 Å². The summed E-state index contributed by atoms with van der Waals surface area (Å²) in [4.78, 5) is 0. The average molecular weight is 249 g/mol. The van der Waals surface area contributed by atoms with E-state index in [-0.39, 0.29) is 5.75 Å². The lowest BCUT2D eigenvalue weighted by Gasteiger charge is -2.27. The molecule has 0 aromatic heterocycles. The summed E-state index contributed by atoms with van der Waals surface area (Å²) in [6.07, 6.45) is 4.83. The number of hydrogen-bond acceptors (Lipinski definition) is 4. The summed E-state index contributed by atoms with van der Waals surface area (Å²) in [5.41, 5.74) is 6.73. The highest BCUT2D eigenvalue weighted by atomic mass is 16.5. The number of fused-ring (bicyclic) bond motifs is 1. The van der Waals surface area contributed by atoms with Crippen LogP contribution >= 0.6 is 0 Å². The molecule has 1 aromatic carbocycles. The van der Waals surface area contributed by atoms with E-state index < -0.39 is 5.54 Å². The van der Waals surface area contributed by atoms with Crippen LogP contribution in [0.15, 0.2) is 12.1 Å². The van der Waals surface area contributed by atoms with E-state index in [1.165, 1.54) is 0 Å². The summed E-state index contributed by atoms with van der Waals surface area (Å²) in [6, 6.07) is 3.42. The minimum atomic E-state index is -0.469. The number of aromatic hydroxyl groups is 1. The third-order valence-corrected chi connectivity index (χ3v) is 3.89. The maximum absolute atomic E-state index is 10.2. The molecule has 0 radical (unpaired) electrons. The zero-order valence-electron chi connectivity index (χ0n) is 10.4. The van der Waals surface area contributed by atoms with E-state index in [1.807, 2.05) is 0 Å². The van der Waals surface area contributed by atoms with Crippen molar-refractivity contribution in [3.05, 3.63) is 17.7 Å². The van der Waals surface area contributed by atoms with Crippen molar-refractivity contribution in [2.45, 2.75) is 37.6 Å². The van der Waals surface area contributed by atoms with E-state index in [0.29, 0.717) is 24.7 Å². The van der Waals surface area contributed by atoms with E-state index >= 15 is 0 Å². The van der Waals surface area contributed by atoms with E-state index in [0.717, 1.165) is 37.7 Å². The minimum Gasteiger partial charge on any atom is -0.507 e. The zero-order valence-corrected chi connectivity index (χ0v) is 10.4. The van der Waals surface area contributed by atoms with Crippen LogP contribution in [0.5, 0.6) is 17.2 Å². The predicted molar refractivity (Wildman–Crippen MR) is 68.0 cm³/mol. The summed E-state index contributed by atoms with van der Waals surface area (Å²) in [6.45, 7) is 1.26. The van der Waals surface area contributed by atoms with E-state index in [1.54, 1.807) is 12.1 Å². The average Bonchev–Trinajstić information content (AvgIpc) is 2.65. The Morgan fingerprint density at radius 1 is 1.06 bits per heavy atom. The molecule has 3 N–H and O–H groups in total. The first-order chi connectivity index (χ1) is 8.71. The van der Waals surface area contributed by atoms with Gasteiger partial charge in [0, 0.05) is 12.0 Å². The Hall–Kier alpha value is -1.42. The summed E-state index contributed by atoms with van der Waals surface area (Å²) < 4.78 is 11.4. The van der Waals surface area contributed by atoms with Gasteiger partial charge in [0.05, 0.1) is 18.8 Å². The highest BCUT2D eigenvalue weighted by Gasteiger charge is 2.38. The van der Waals surface area contributed by atoms with Gasteiger partial charge in [0.25, 0.3) is 0 Å². The van der Waals surface area contributed by atoms with Crippen LogP contribution < -0.4 is 15.2 Å². The quantitative estimate of drug-likeness (QED) is 0.801. The molecule has 0 atom stereocenters. The largest absolute Gasteiger partial charge is 0.507 e. The van der Waals surface area contributed by atoms with Crippen molar-refractivity contribution in [1.82, 2.24) is 0 Å². The Bertz CT molecular complexity index is 453. The fraction of sp³-hybridized carbons (Fsp3) is 0.571. The molecule has 18 heavy (non-hydrogen) atoms. The zero-order chi connectivity index (χ0) is 12.6. The van der Waals surface area contributed by atoms with Crippen LogP contribution in [0, 0.1) is 0 Å². The smallest absolute Gasteiger partial charge is 0.169 e. The standard InChI is InChI=1S/C14H19NO3/c15-14(6-1-2-7-14)12-10(16)4-5-11-13(12)18-9-3-8-17-11/h4-5,16H,1-3,6-9,15H2. The van der Waals surface area contributed by atoms with Crippen molar-refractivity contribution < 1.29 is 14.6 Å². The molecule has 1 heterocycles. The van der Waals surface area contributed by atoms with Gasteiger partial charge in [0.15, 0.2) is 11.5 Å². The van der Waals surface area contributed by atoms with Gasteiger partial charge in [-0.1, -0.05) is 12.8 Å². The summed E-state index contributed by atoms with van der Waals surface area (Å²) in [5, 5.41) is 10.2. The molecule has 1 saturated carbocycles. The molecule has 0 amide bonds. The fourth-order valence-electron chi connectivity index (χ4n) is 2.96. The number of phenolic OH excluding ortho intramolecular Hbond substituents is 1. The van der Waals surface area contributed by atoms with Gasteiger partial charge in [0.2, 0.25) is 0 Å². The van der Waals surface area contributed by atoms with Crippen molar-refractivity contribution in [2.75, 3.05) is 13.2 Å². The lowest BCUT2D eigenvalue weighted by molar-refractivity contribution is 0.291. The van der Waals surface area contributed by atoms with E-state index in [9.17, 15) is 5.11 Å². The number of rotatable bonds is 1. The normalized spacial score (nSPS) is 21.6. The van der Waals surface area contributed by atoms with Crippen LogP contribution in [-0.4, -0.2) is 18.3 Å². The van der Waals surface area contributed by atoms with Crippen LogP contribution in [0.4, 0.5) is 0 Å². The van der Waals surface area contributed by atoms with Gasteiger partial charge in [-0.3, -0.25) is 0 Å². The lowest BCUT2D eigenvalue weighted by Crippen LogP contribution is -2.33. The second-order valence-electron chi connectivity index (χ2n) is 5.20. The monoisotopic (exact) mass is 249 g/mol. The lowest BCUT2D eigenvalue weighted by atomic mass is 9.87. The Morgan fingerprint density at radius 2 is 1.78 bits per heavy atom. The molecule has 1 aliphatic carbocycles. The van der Waals surface area contributed by atoms with Crippen molar-refractivity contribution in [2.24, 2.45) is 5.73 Å². The van der Waals surface area contributed by atoms with Gasteiger partial charge in [0.1, 0.15) is 5.75 Å². The minimum absolute atomic E-state index is 0.226. The molecule has 0 bridgehead atoms. The third-order valence-electron chi connectivity index (χ3n) is 3.89. The number of benzene rings is 1. The fourth-order valence-corrected chi connectivity index (χ4v) is 2.96. The number of ether oxygens (including phenoxy) is 2. The molecular weight excluding hydrogens is 230 g/mol. The van der Waals surface area contributed by atoms with Gasteiger partial charge < -0.3 is 20.3 Å². The third kappa shape index (κ3) is 1.81. The van der Waals surface area contributed by atoms with Gasteiger partial charge in [-0.25, -0.2) is 0 Å². The molecular formula is C14H19NO3. The van der Waals surface area contributed by atoms with Gasteiger partial charge >= 0.3 is 0 Å². The van der Waals surface area contributed by atoms with Crippen LogP contribution in [0.1, 0.15) is 37.7 Å². The van der Waals surface area contributed by atoms with Crippen molar-refractivity contribution in [3.63, 3.8) is 0 Å². The predicted octanol–water partition coefficient (Wildman–Crippen LogP) is 2.28. The number of phenols is 1. The topological polar surface area (TPSA) is 64.7 Å². The first-order valence-electron chi connectivity index (χ1n) is 6.62. The molecule has 2 aliphatic rings. The highest BCUT2D eigenvalue weighted by molar-refractivity contribution is 5.57. The Morgan fingerprint density at radius 3 is 2.56 bits per heavy atom. The van der Waals surface area contributed by atoms with Gasteiger partial charge in [-0.05, 0) is 25.0 Å². The number of hydrogen-bond donors (Lipinski definition) is 2. The van der Waals surface area contributed by atoms with Gasteiger partial charge in [-0.15, -0.1) is 0 Å². The number of nitrogens with two attached hydrogens (primary N) is 1. The Labute approximate surface area is 107 Å². The highest BCUT2D eigenvalue weighted by Crippen LogP contribution is 2.48. The SMILES string of the molecule is NC1(c2c(O)ccc3c2OCCCO3)CCCC1. The molecule has 3 rings (SSSR count). The van der Waals surface area contributed by atoms with Crippen molar-refractivity contribution >= 4 is 0 Å². The Kier molecular flexibility index (Phi) is 2.82.